The van der Waals surface area contributed by atoms with Crippen molar-refractivity contribution in [3.63, 3.8) is 0 Å². The van der Waals surface area contributed by atoms with Crippen LogP contribution in [0, 0.1) is 0 Å². The molecule has 0 saturated carbocycles. The van der Waals surface area contributed by atoms with E-state index in [1.165, 1.54) is 0 Å². The largest absolute Gasteiger partial charge is 0.481 e. The Labute approximate surface area is 106 Å². The second-order valence-corrected chi connectivity index (χ2v) is 4.59. The van der Waals surface area contributed by atoms with E-state index < -0.39 is 5.97 Å². The van der Waals surface area contributed by atoms with Crippen molar-refractivity contribution in [2.24, 2.45) is 0 Å². The van der Waals surface area contributed by atoms with Crippen molar-refractivity contribution in [1.82, 2.24) is 0 Å². The van der Waals surface area contributed by atoms with Crippen LogP contribution >= 0.6 is 0 Å². The molecular weight excluding hydrogens is 230 g/mol. The van der Waals surface area contributed by atoms with Crippen molar-refractivity contribution in [1.29, 1.82) is 0 Å². The molecule has 1 aromatic carbocycles. The van der Waals surface area contributed by atoms with E-state index in [1.54, 1.807) is 17.0 Å². The number of carbonyl (C=O) groups excluding carboxylic acids is 1. The molecule has 1 heterocycles. The highest BCUT2D eigenvalue weighted by Gasteiger charge is 2.17. The van der Waals surface area contributed by atoms with E-state index in [4.69, 9.17) is 5.11 Å². The maximum absolute atomic E-state index is 11.9. The molecule has 4 nitrogen and oxygen atoms in total. The highest BCUT2D eigenvalue weighted by Crippen LogP contribution is 2.21. The second kappa shape index (κ2) is 5.67. The molecule has 0 unspecified atom stereocenters. The number of benzene rings is 1. The van der Waals surface area contributed by atoms with E-state index in [1.807, 2.05) is 12.1 Å². The number of nitrogens with zero attached hydrogens (tertiary/aromatic N) is 1. The van der Waals surface area contributed by atoms with Crippen LogP contribution in [0.15, 0.2) is 24.3 Å². The van der Waals surface area contributed by atoms with Crippen LogP contribution < -0.4 is 4.90 Å². The highest BCUT2D eigenvalue weighted by molar-refractivity contribution is 5.93. The molecular formula is C14H17NO3. The molecule has 0 aromatic heterocycles. The maximum atomic E-state index is 11.9. The third kappa shape index (κ3) is 3.09. The lowest BCUT2D eigenvalue weighted by Crippen LogP contribution is -2.29. The highest BCUT2D eigenvalue weighted by atomic mass is 16.4. The third-order valence-electron chi connectivity index (χ3n) is 3.18. The van der Waals surface area contributed by atoms with Gasteiger partial charge in [0.25, 0.3) is 0 Å². The van der Waals surface area contributed by atoms with Crippen LogP contribution in [0.3, 0.4) is 0 Å². The Bertz CT molecular complexity index is 439. The zero-order chi connectivity index (χ0) is 13.0. The van der Waals surface area contributed by atoms with Gasteiger partial charge in [0.05, 0.1) is 6.42 Å². The minimum Gasteiger partial charge on any atom is -0.481 e. The van der Waals surface area contributed by atoms with Crippen molar-refractivity contribution in [2.45, 2.75) is 32.1 Å². The number of anilines is 1. The van der Waals surface area contributed by atoms with Gasteiger partial charge in [-0.25, -0.2) is 0 Å². The van der Waals surface area contributed by atoms with Gasteiger partial charge in [-0.3, -0.25) is 9.59 Å². The molecule has 0 atom stereocenters. The first-order valence-corrected chi connectivity index (χ1v) is 6.28. The van der Waals surface area contributed by atoms with Gasteiger partial charge >= 0.3 is 5.97 Å². The van der Waals surface area contributed by atoms with Gasteiger partial charge in [-0.05, 0) is 30.5 Å². The number of carboxylic acids is 1. The zero-order valence-corrected chi connectivity index (χ0v) is 10.3. The van der Waals surface area contributed by atoms with Gasteiger partial charge in [-0.1, -0.05) is 18.6 Å². The number of aliphatic carboxylic acids is 1. The van der Waals surface area contributed by atoms with Crippen LogP contribution in [0.1, 0.15) is 31.2 Å². The minimum absolute atomic E-state index is 0.0221. The van der Waals surface area contributed by atoms with Crippen LogP contribution in [-0.4, -0.2) is 23.5 Å². The summed E-state index contributed by atoms with van der Waals surface area (Å²) < 4.78 is 0. The quantitative estimate of drug-likeness (QED) is 0.891. The monoisotopic (exact) mass is 247 g/mol. The summed E-state index contributed by atoms with van der Waals surface area (Å²) in [6, 6.07) is 7.23. The summed E-state index contributed by atoms with van der Waals surface area (Å²) in [5, 5.41) is 8.70. The molecule has 1 saturated heterocycles. The average molecular weight is 247 g/mol. The van der Waals surface area contributed by atoms with E-state index in [0.29, 0.717) is 6.42 Å². The standard InChI is InChI=1S/C14H17NO3/c16-13-4-2-1-3-9-15(13)12-7-5-11(6-8-12)10-14(17)18/h5-8H,1-4,9-10H2,(H,17,18). The lowest BCUT2D eigenvalue weighted by atomic mass is 10.1. The molecule has 1 aliphatic rings. The molecule has 0 aliphatic carbocycles. The van der Waals surface area contributed by atoms with Gasteiger partial charge in [0.2, 0.25) is 5.91 Å². The second-order valence-electron chi connectivity index (χ2n) is 4.59. The molecule has 1 aliphatic heterocycles. The Kier molecular flexibility index (Phi) is 3.97. The number of hydrogen-bond donors (Lipinski definition) is 1. The third-order valence-corrected chi connectivity index (χ3v) is 3.18. The number of carbonyl (C=O) groups is 2. The predicted molar refractivity (Wildman–Crippen MR) is 68.6 cm³/mol. The first-order chi connectivity index (χ1) is 8.66. The Morgan fingerprint density at radius 3 is 2.56 bits per heavy atom. The van der Waals surface area contributed by atoms with Crippen molar-refractivity contribution < 1.29 is 14.7 Å². The summed E-state index contributed by atoms with van der Waals surface area (Å²) in [4.78, 5) is 24.3. The van der Waals surface area contributed by atoms with Gasteiger partial charge in [-0.2, -0.15) is 0 Å². The zero-order valence-electron chi connectivity index (χ0n) is 10.3. The van der Waals surface area contributed by atoms with E-state index in [0.717, 1.165) is 37.1 Å². The lowest BCUT2D eigenvalue weighted by molar-refractivity contribution is -0.136. The molecule has 0 radical (unpaired) electrons. The number of hydrogen-bond acceptors (Lipinski definition) is 2. The van der Waals surface area contributed by atoms with Crippen LogP contribution in [0.25, 0.3) is 0 Å². The summed E-state index contributed by atoms with van der Waals surface area (Å²) >= 11 is 0. The Hall–Kier alpha value is -1.84. The van der Waals surface area contributed by atoms with Crippen molar-refractivity contribution >= 4 is 17.6 Å². The Morgan fingerprint density at radius 1 is 1.17 bits per heavy atom. The summed E-state index contributed by atoms with van der Waals surface area (Å²) in [7, 11) is 0. The van der Waals surface area contributed by atoms with E-state index >= 15 is 0 Å². The smallest absolute Gasteiger partial charge is 0.307 e. The molecule has 0 bridgehead atoms. The van der Waals surface area contributed by atoms with Gasteiger partial charge in [0.15, 0.2) is 0 Å². The van der Waals surface area contributed by atoms with Crippen molar-refractivity contribution in [2.75, 3.05) is 11.4 Å². The normalized spacial score (nSPS) is 16.4. The summed E-state index contributed by atoms with van der Waals surface area (Å²) in [6.45, 7) is 0.761. The number of carboxylic acid groups (broad SMARTS) is 1. The predicted octanol–water partition coefficient (Wildman–Crippen LogP) is 2.22. The fraction of sp³-hybridized carbons (Fsp3) is 0.429. The molecule has 1 N–H and O–H groups in total. The van der Waals surface area contributed by atoms with Crippen LogP contribution in [0.5, 0.6) is 0 Å². The minimum atomic E-state index is -0.839. The fourth-order valence-electron chi connectivity index (χ4n) is 2.22. The number of rotatable bonds is 3. The Balaban J connectivity index is 2.12. The first-order valence-electron chi connectivity index (χ1n) is 6.28. The molecule has 1 aromatic rings. The summed E-state index contributed by atoms with van der Waals surface area (Å²) in [5.74, 6) is -0.674. The molecule has 2 rings (SSSR count). The topological polar surface area (TPSA) is 57.6 Å². The molecule has 18 heavy (non-hydrogen) atoms. The van der Waals surface area contributed by atoms with E-state index in [-0.39, 0.29) is 12.3 Å². The van der Waals surface area contributed by atoms with Gasteiger partial charge in [-0.15, -0.1) is 0 Å². The van der Waals surface area contributed by atoms with Gasteiger partial charge < -0.3 is 10.0 Å². The van der Waals surface area contributed by atoms with Crippen LogP contribution in [-0.2, 0) is 16.0 Å². The van der Waals surface area contributed by atoms with Gasteiger partial charge in [0, 0.05) is 18.7 Å². The van der Waals surface area contributed by atoms with Crippen molar-refractivity contribution in [3.05, 3.63) is 29.8 Å². The lowest BCUT2D eigenvalue weighted by Gasteiger charge is -2.20. The Morgan fingerprint density at radius 2 is 1.89 bits per heavy atom. The van der Waals surface area contributed by atoms with E-state index in [9.17, 15) is 9.59 Å². The molecule has 96 valence electrons. The molecule has 1 amide bonds. The number of amides is 1. The van der Waals surface area contributed by atoms with E-state index in [2.05, 4.69) is 0 Å². The maximum Gasteiger partial charge on any atom is 0.307 e. The van der Waals surface area contributed by atoms with Crippen LogP contribution in [0.4, 0.5) is 5.69 Å². The molecule has 4 heteroatoms. The first kappa shape index (κ1) is 12.6. The van der Waals surface area contributed by atoms with Gasteiger partial charge in [0.1, 0.15) is 0 Å². The molecule has 1 fully saturated rings. The van der Waals surface area contributed by atoms with Crippen LogP contribution in [0.2, 0.25) is 0 Å². The summed E-state index contributed by atoms with van der Waals surface area (Å²) in [5.41, 5.74) is 1.63. The van der Waals surface area contributed by atoms with Crippen molar-refractivity contribution in [3.8, 4) is 0 Å². The SMILES string of the molecule is O=C(O)Cc1ccc(N2CCCCCC2=O)cc1. The molecule has 0 spiro atoms. The summed E-state index contributed by atoms with van der Waals surface area (Å²) in [6.07, 6.45) is 3.72. The average Bonchev–Trinajstić information content (AvgIpc) is 2.54. The fourth-order valence-corrected chi connectivity index (χ4v) is 2.22.